The van der Waals surface area contributed by atoms with Crippen molar-refractivity contribution in [3.8, 4) is 5.75 Å². The monoisotopic (exact) mass is 233 g/mol. The highest BCUT2D eigenvalue weighted by atomic mass is 16.5. The van der Waals surface area contributed by atoms with Crippen molar-refractivity contribution in [2.45, 2.75) is 19.6 Å². The van der Waals surface area contributed by atoms with Gasteiger partial charge in [0.15, 0.2) is 0 Å². The average molecular weight is 233 g/mol. The highest BCUT2D eigenvalue weighted by molar-refractivity contribution is 5.30. The molecule has 2 aromatic rings. The molecule has 0 bridgehead atoms. The molecule has 0 fully saturated rings. The fraction of sp³-hybridized carbons (Fsp3) is 0.333. The van der Waals surface area contributed by atoms with Crippen molar-refractivity contribution in [1.82, 2.24) is 14.8 Å². The highest BCUT2D eigenvalue weighted by Crippen LogP contribution is 2.23. The van der Waals surface area contributed by atoms with Crippen LogP contribution in [0.15, 0.2) is 30.9 Å². The molecular formula is C12H15N3O2. The van der Waals surface area contributed by atoms with E-state index in [-0.39, 0.29) is 0 Å². The predicted octanol–water partition coefficient (Wildman–Crippen LogP) is 1.39. The van der Waals surface area contributed by atoms with Crippen LogP contribution in [-0.4, -0.2) is 27.0 Å². The minimum Gasteiger partial charge on any atom is -0.495 e. The number of aromatic nitrogens is 3. The molecule has 0 saturated heterocycles. The van der Waals surface area contributed by atoms with E-state index in [1.807, 2.05) is 13.1 Å². The van der Waals surface area contributed by atoms with Crippen molar-refractivity contribution in [3.05, 3.63) is 42.0 Å². The van der Waals surface area contributed by atoms with Crippen LogP contribution < -0.4 is 4.74 Å². The Morgan fingerprint density at radius 3 is 2.82 bits per heavy atom. The van der Waals surface area contributed by atoms with Gasteiger partial charge in [0.25, 0.3) is 0 Å². The molecule has 2 rings (SSSR count). The summed E-state index contributed by atoms with van der Waals surface area (Å²) in [5, 5.41) is 14.3. The van der Waals surface area contributed by atoms with E-state index in [2.05, 4.69) is 10.1 Å². The fourth-order valence-electron chi connectivity index (χ4n) is 1.58. The van der Waals surface area contributed by atoms with Crippen molar-refractivity contribution in [2.24, 2.45) is 0 Å². The standard InChI is InChI=1S/C12H15N3O2/c1-3-15-8-10(6-14-15)12(16)9-4-11(17-2)7-13-5-9/h4-8,12,16H,3H2,1-2H3. The number of pyridine rings is 1. The summed E-state index contributed by atoms with van der Waals surface area (Å²) in [6.45, 7) is 2.78. The normalized spacial score (nSPS) is 12.4. The van der Waals surface area contributed by atoms with Gasteiger partial charge in [0.2, 0.25) is 0 Å². The molecule has 0 saturated carbocycles. The first kappa shape index (κ1) is 11.6. The largest absolute Gasteiger partial charge is 0.495 e. The first-order valence-corrected chi connectivity index (χ1v) is 5.44. The van der Waals surface area contributed by atoms with Crippen LogP contribution in [0.5, 0.6) is 5.75 Å². The summed E-state index contributed by atoms with van der Waals surface area (Å²) in [4.78, 5) is 4.02. The Morgan fingerprint density at radius 2 is 2.18 bits per heavy atom. The van der Waals surface area contributed by atoms with Crippen molar-refractivity contribution < 1.29 is 9.84 Å². The molecule has 1 unspecified atom stereocenters. The van der Waals surface area contributed by atoms with Gasteiger partial charge < -0.3 is 9.84 Å². The van der Waals surface area contributed by atoms with Gasteiger partial charge in [-0.3, -0.25) is 9.67 Å². The van der Waals surface area contributed by atoms with Gasteiger partial charge in [-0.2, -0.15) is 5.10 Å². The number of aliphatic hydroxyl groups is 1. The Bertz CT molecular complexity index is 496. The lowest BCUT2D eigenvalue weighted by Gasteiger charge is -2.09. The third-order valence-corrected chi connectivity index (χ3v) is 2.58. The third kappa shape index (κ3) is 2.45. The quantitative estimate of drug-likeness (QED) is 0.866. The van der Waals surface area contributed by atoms with E-state index in [9.17, 15) is 5.11 Å². The number of aryl methyl sites for hydroxylation is 1. The molecule has 0 radical (unpaired) electrons. The molecule has 2 aromatic heterocycles. The minimum absolute atomic E-state index is 0.629. The van der Waals surface area contributed by atoms with E-state index in [1.54, 1.807) is 36.4 Å². The van der Waals surface area contributed by atoms with Crippen LogP contribution in [-0.2, 0) is 6.54 Å². The van der Waals surface area contributed by atoms with Crippen LogP contribution >= 0.6 is 0 Å². The lowest BCUT2D eigenvalue weighted by molar-refractivity contribution is 0.219. The molecular weight excluding hydrogens is 218 g/mol. The maximum Gasteiger partial charge on any atom is 0.137 e. The van der Waals surface area contributed by atoms with Crippen LogP contribution in [0.3, 0.4) is 0 Å². The maximum absolute atomic E-state index is 10.2. The van der Waals surface area contributed by atoms with Gasteiger partial charge in [0, 0.05) is 30.1 Å². The molecule has 90 valence electrons. The first-order valence-electron chi connectivity index (χ1n) is 5.44. The lowest BCUT2D eigenvalue weighted by atomic mass is 10.1. The Kier molecular flexibility index (Phi) is 3.39. The second-order valence-electron chi connectivity index (χ2n) is 3.69. The molecule has 0 amide bonds. The van der Waals surface area contributed by atoms with Gasteiger partial charge in [-0.25, -0.2) is 0 Å². The van der Waals surface area contributed by atoms with Crippen molar-refractivity contribution in [1.29, 1.82) is 0 Å². The molecule has 5 nitrogen and oxygen atoms in total. The van der Waals surface area contributed by atoms with Crippen molar-refractivity contribution in [2.75, 3.05) is 7.11 Å². The molecule has 0 aliphatic heterocycles. The molecule has 5 heteroatoms. The van der Waals surface area contributed by atoms with E-state index in [4.69, 9.17) is 4.74 Å². The van der Waals surface area contributed by atoms with Crippen molar-refractivity contribution >= 4 is 0 Å². The number of hydrogen-bond acceptors (Lipinski definition) is 4. The summed E-state index contributed by atoms with van der Waals surface area (Å²) in [5.41, 5.74) is 1.45. The SMILES string of the molecule is CCn1cc(C(O)c2cncc(OC)c2)cn1. The van der Waals surface area contributed by atoms with Gasteiger partial charge in [-0.05, 0) is 13.0 Å². The molecule has 0 aromatic carbocycles. The molecule has 0 aliphatic carbocycles. The molecule has 1 N–H and O–H groups in total. The predicted molar refractivity (Wildman–Crippen MR) is 62.8 cm³/mol. The number of aliphatic hydroxyl groups excluding tert-OH is 1. The van der Waals surface area contributed by atoms with Gasteiger partial charge in [-0.1, -0.05) is 0 Å². The van der Waals surface area contributed by atoms with Gasteiger partial charge in [-0.15, -0.1) is 0 Å². The first-order chi connectivity index (χ1) is 8.24. The molecule has 2 heterocycles. The van der Waals surface area contributed by atoms with E-state index in [1.165, 1.54) is 0 Å². The maximum atomic E-state index is 10.2. The summed E-state index contributed by atoms with van der Waals surface area (Å²) in [6.07, 6.45) is 5.98. The lowest BCUT2D eigenvalue weighted by Crippen LogP contribution is -2.00. The zero-order valence-corrected chi connectivity index (χ0v) is 9.87. The Hall–Kier alpha value is -1.88. The number of hydrogen-bond donors (Lipinski definition) is 1. The highest BCUT2D eigenvalue weighted by Gasteiger charge is 2.13. The minimum atomic E-state index is -0.724. The van der Waals surface area contributed by atoms with Crippen LogP contribution in [0.1, 0.15) is 24.2 Å². The van der Waals surface area contributed by atoms with Gasteiger partial charge in [0.1, 0.15) is 11.9 Å². The van der Waals surface area contributed by atoms with Gasteiger partial charge in [0.05, 0.1) is 19.5 Å². The number of methoxy groups -OCH3 is 1. The number of nitrogens with zero attached hydrogens (tertiary/aromatic N) is 3. The fourth-order valence-corrected chi connectivity index (χ4v) is 1.58. The summed E-state index contributed by atoms with van der Waals surface area (Å²) in [5.74, 6) is 0.629. The van der Waals surface area contributed by atoms with E-state index in [0.29, 0.717) is 11.3 Å². The smallest absolute Gasteiger partial charge is 0.137 e. The third-order valence-electron chi connectivity index (χ3n) is 2.58. The Balaban J connectivity index is 2.26. The topological polar surface area (TPSA) is 60.2 Å². The van der Waals surface area contributed by atoms with Crippen molar-refractivity contribution in [3.63, 3.8) is 0 Å². The zero-order chi connectivity index (χ0) is 12.3. The summed E-state index contributed by atoms with van der Waals surface area (Å²) >= 11 is 0. The Morgan fingerprint density at radius 1 is 1.35 bits per heavy atom. The summed E-state index contributed by atoms with van der Waals surface area (Å²) in [7, 11) is 1.57. The molecule has 17 heavy (non-hydrogen) atoms. The summed E-state index contributed by atoms with van der Waals surface area (Å²) in [6, 6.07) is 1.76. The summed E-state index contributed by atoms with van der Waals surface area (Å²) < 4.78 is 6.84. The van der Waals surface area contributed by atoms with E-state index < -0.39 is 6.10 Å². The zero-order valence-electron chi connectivity index (χ0n) is 9.87. The number of ether oxygens (including phenoxy) is 1. The second kappa shape index (κ2) is 4.97. The van der Waals surface area contributed by atoms with Crippen LogP contribution in [0.25, 0.3) is 0 Å². The van der Waals surface area contributed by atoms with Gasteiger partial charge >= 0.3 is 0 Å². The average Bonchev–Trinajstić information content (AvgIpc) is 2.86. The molecule has 1 atom stereocenters. The Labute approximate surface area is 99.7 Å². The van der Waals surface area contributed by atoms with Crippen LogP contribution in [0.4, 0.5) is 0 Å². The second-order valence-corrected chi connectivity index (χ2v) is 3.69. The molecule has 0 spiro atoms. The van der Waals surface area contributed by atoms with Crippen LogP contribution in [0, 0.1) is 0 Å². The van der Waals surface area contributed by atoms with Crippen LogP contribution in [0.2, 0.25) is 0 Å². The van der Waals surface area contributed by atoms with E-state index in [0.717, 1.165) is 12.1 Å². The van der Waals surface area contributed by atoms with E-state index >= 15 is 0 Å². The molecule has 0 aliphatic rings. The number of rotatable bonds is 4.